The standard InChI is InChI=1S/C18H35N5O7S/c1-10(25)14(23-15(26)11(20)9-24)17(28)21-12(5-3-4-7-19)16(27)22-13(18(29)30)6-8-31-2/h10-14,24-25H,3-9,19-20H2,1-2H3,(H,21,28)(H,22,27)(H,23,26)(H,29,30). The van der Waals surface area contributed by atoms with Gasteiger partial charge < -0.3 is 42.7 Å². The Hall–Kier alpha value is -1.93. The zero-order valence-electron chi connectivity index (χ0n) is 17.9. The number of carboxylic acids is 1. The summed E-state index contributed by atoms with van der Waals surface area (Å²) in [5, 5.41) is 35.3. The van der Waals surface area contributed by atoms with Gasteiger partial charge in [0.25, 0.3) is 0 Å². The van der Waals surface area contributed by atoms with E-state index in [0.717, 1.165) is 0 Å². The molecule has 0 heterocycles. The normalized spacial score (nSPS) is 15.8. The number of hydrogen-bond donors (Lipinski definition) is 8. The number of carboxylic acid groups (broad SMARTS) is 1. The summed E-state index contributed by atoms with van der Waals surface area (Å²) in [6.07, 6.45) is 1.94. The van der Waals surface area contributed by atoms with E-state index < -0.39 is 60.6 Å². The second kappa shape index (κ2) is 15.8. The highest BCUT2D eigenvalue weighted by Crippen LogP contribution is 2.06. The van der Waals surface area contributed by atoms with E-state index in [-0.39, 0.29) is 12.8 Å². The van der Waals surface area contributed by atoms with E-state index in [2.05, 4.69) is 16.0 Å². The molecule has 5 unspecified atom stereocenters. The summed E-state index contributed by atoms with van der Waals surface area (Å²) < 4.78 is 0. The lowest BCUT2D eigenvalue weighted by Gasteiger charge is -2.26. The maximum Gasteiger partial charge on any atom is 0.326 e. The highest BCUT2D eigenvalue weighted by atomic mass is 32.2. The lowest BCUT2D eigenvalue weighted by atomic mass is 10.1. The number of unbranched alkanes of at least 4 members (excludes halogenated alkanes) is 1. The second-order valence-electron chi connectivity index (χ2n) is 7.04. The Morgan fingerprint density at radius 2 is 1.58 bits per heavy atom. The van der Waals surface area contributed by atoms with Gasteiger partial charge >= 0.3 is 5.97 Å². The predicted octanol–water partition coefficient (Wildman–Crippen LogP) is -2.89. The number of aliphatic carboxylic acids is 1. The number of nitrogens with one attached hydrogen (secondary N) is 3. The smallest absolute Gasteiger partial charge is 0.326 e. The van der Waals surface area contributed by atoms with Crippen molar-refractivity contribution in [3.05, 3.63) is 0 Å². The second-order valence-corrected chi connectivity index (χ2v) is 8.03. The molecule has 0 saturated heterocycles. The van der Waals surface area contributed by atoms with E-state index in [1.54, 1.807) is 0 Å². The molecule has 0 saturated carbocycles. The minimum Gasteiger partial charge on any atom is -0.480 e. The summed E-state index contributed by atoms with van der Waals surface area (Å²) in [5.74, 6) is -3.07. The van der Waals surface area contributed by atoms with Crippen LogP contribution in [0.5, 0.6) is 0 Å². The van der Waals surface area contributed by atoms with Crippen molar-refractivity contribution in [2.24, 2.45) is 11.5 Å². The summed E-state index contributed by atoms with van der Waals surface area (Å²) in [6.45, 7) is 0.983. The third-order valence-electron chi connectivity index (χ3n) is 4.40. The van der Waals surface area contributed by atoms with Crippen molar-refractivity contribution in [3.63, 3.8) is 0 Å². The van der Waals surface area contributed by atoms with E-state index in [1.165, 1.54) is 18.7 Å². The van der Waals surface area contributed by atoms with Crippen molar-refractivity contribution in [1.82, 2.24) is 16.0 Å². The predicted molar refractivity (Wildman–Crippen MR) is 116 cm³/mol. The molecule has 0 rings (SSSR count). The molecular formula is C18H35N5O7S. The average molecular weight is 466 g/mol. The molecule has 0 aromatic heterocycles. The van der Waals surface area contributed by atoms with Gasteiger partial charge in [0.1, 0.15) is 24.2 Å². The van der Waals surface area contributed by atoms with Crippen LogP contribution in [0.25, 0.3) is 0 Å². The quantitative estimate of drug-likeness (QED) is 0.109. The number of carbonyl (C=O) groups excluding carboxylic acids is 3. The summed E-state index contributed by atoms with van der Waals surface area (Å²) in [7, 11) is 0. The van der Waals surface area contributed by atoms with Crippen LogP contribution in [-0.4, -0.2) is 94.4 Å². The van der Waals surface area contributed by atoms with E-state index in [9.17, 15) is 29.4 Å². The highest BCUT2D eigenvalue weighted by molar-refractivity contribution is 7.98. The van der Waals surface area contributed by atoms with E-state index in [0.29, 0.717) is 25.1 Å². The molecule has 0 fully saturated rings. The zero-order valence-corrected chi connectivity index (χ0v) is 18.7. The summed E-state index contributed by atoms with van der Waals surface area (Å²) in [5.41, 5.74) is 10.9. The van der Waals surface area contributed by atoms with Gasteiger partial charge in [-0.15, -0.1) is 0 Å². The first kappa shape index (κ1) is 29.1. The molecule has 12 nitrogen and oxygen atoms in total. The van der Waals surface area contributed by atoms with Crippen LogP contribution < -0.4 is 27.4 Å². The van der Waals surface area contributed by atoms with Crippen molar-refractivity contribution in [1.29, 1.82) is 0 Å². The lowest BCUT2D eigenvalue weighted by molar-refractivity contribution is -0.142. The van der Waals surface area contributed by atoms with Crippen molar-refractivity contribution < 1.29 is 34.5 Å². The molecule has 3 amide bonds. The Balaban J connectivity index is 5.35. The Morgan fingerprint density at radius 1 is 0.968 bits per heavy atom. The number of aliphatic hydroxyl groups excluding tert-OH is 2. The summed E-state index contributed by atoms with van der Waals surface area (Å²) >= 11 is 1.43. The highest BCUT2D eigenvalue weighted by Gasteiger charge is 2.32. The zero-order chi connectivity index (χ0) is 24.0. The third kappa shape index (κ3) is 11.3. The summed E-state index contributed by atoms with van der Waals surface area (Å²) in [6, 6.07) is -4.93. The van der Waals surface area contributed by atoms with Crippen LogP contribution >= 0.6 is 11.8 Å². The van der Waals surface area contributed by atoms with Gasteiger partial charge in [-0.05, 0) is 51.2 Å². The van der Waals surface area contributed by atoms with Crippen LogP contribution in [0.2, 0.25) is 0 Å². The number of thioether (sulfide) groups is 1. The number of carbonyl (C=O) groups is 4. The molecule has 13 heteroatoms. The van der Waals surface area contributed by atoms with Crippen molar-refractivity contribution in [2.45, 2.75) is 62.9 Å². The molecule has 10 N–H and O–H groups in total. The number of hydrogen-bond acceptors (Lipinski definition) is 9. The molecule has 0 radical (unpaired) electrons. The van der Waals surface area contributed by atoms with E-state index >= 15 is 0 Å². The Morgan fingerprint density at radius 3 is 2.06 bits per heavy atom. The molecule has 5 atom stereocenters. The monoisotopic (exact) mass is 465 g/mol. The topological polar surface area (TPSA) is 217 Å². The van der Waals surface area contributed by atoms with Gasteiger partial charge in [-0.25, -0.2) is 4.79 Å². The number of rotatable bonds is 16. The van der Waals surface area contributed by atoms with Gasteiger partial charge in [0, 0.05) is 0 Å². The van der Waals surface area contributed by atoms with Crippen molar-refractivity contribution in [3.8, 4) is 0 Å². The SMILES string of the molecule is CSCCC(NC(=O)C(CCCCN)NC(=O)C(NC(=O)C(N)CO)C(C)O)C(=O)O. The largest absolute Gasteiger partial charge is 0.480 e. The molecular weight excluding hydrogens is 430 g/mol. The summed E-state index contributed by atoms with van der Waals surface area (Å²) in [4.78, 5) is 48.7. The Kier molecular flexibility index (Phi) is 14.8. The van der Waals surface area contributed by atoms with Gasteiger partial charge in [0.15, 0.2) is 0 Å². The first-order valence-electron chi connectivity index (χ1n) is 9.96. The Labute approximate surface area is 185 Å². The van der Waals surface area contributed by atoms with Crippen LogP contribution in [0.3, 0.4) is 0 Å². The van der Waals surface area contributed by atoms with Gasteiger partial charge in [0.05, 0.1) is 12.7 Å². The van der Waals surface area contributed by atoms with Crippen LogP contribution in [0.1, 0.15) is 32.6 Å². The molecule has 0 bridgehead atoms. The fraction of sp³-hybridized carbons (Fsp3) is 0.778. The minimum atomic E-state index is -1.43. The fourth-order valence-electron chi connectivity index (χ4n) is 2.54. The molecule has 180 valence electrons. The molecule has 0 aliphatic rings. The Bertz CT molecular complexity index is 594. The minimum absolute atomic E-state index is 0.181. The maximum absolute atomic E-state index is 12.7. The fourth-order valence-corrected chi connectivity index (χ4v) is 3.01. The third-order valence-corrected chi connectivity index (χ3v) is 5.05. The maximum atomic E-state index is 12.7. The number of aliphatic hydroxyl groups is 2. The van der Waals surface area contributed by atoms with Gasteiger partial charge in [-0.3, -0.25) is 14.4 Å². The van der Waals surface area contributed by atoms with Gasteiger partial charge in [-0.2, -0.15) is 11.8 Å². The van der Waals surface area contributed by atoms with Crippen LogP contribution in [0.4, 0.5) is 0 Å². The van der Waals surface area contributed by atoms with Gasteiger partial charge in [-0.1, -0.05) is 0 Å². The van der Waals surface area contributed by atoms with E-state index in [4.69, 9.17) is 16.6 Å². The van der Waals surface area contributed by atoms with Gasteiger partial charge in [0.2, 0.25) is 17.7 Å². The molecule has 0 aliphatic carbocycles. The molecule has 0 aromatic carbocycles. The molecule has 0 aromatic rings. The van der Waals surface area contributed by atoms with E-state index in [1.807, 2.05) is 6.26 Å². The molecule has 31 heavy (non-hydrogen) atoms. The van der Waals surface area contributed by atoms with Crippen molar-refractivity contribution >= 4 is 35.5 Å². The van der Waals surface area contributed by atoms with Crippen molar-refractivity contribution in [2.75, 3.05) is 25.2 Å². The number of nitrogens with two attached hydrogens (primary N) is 2. The lowest BCUT2D eigenvalue weighted by Crippen LogP contribution is -2.60. The van der Waals surface area contributed by atoms with Crippen LogP contribution in [0.15, 0.2) is 0 Å². The molecule has 0 spiro atoms. The first-order valence-corrected chi connectivity index (χ1v) is 11.4. The first-order chi connectivity index (χ1) is 14.6. The van der Waals surface area contributed by atoms with Crippen LogP contribution in [-0.2, 0) is 19.2 Å². The number of amides is 3. The molecule has 0 aliphatic heterocycles. The average Bonchev–Trinajstić information content (AvgIpc) is 2.72. The van der Waals surface area contributed by atoms with Crippen LogP contribution in [0, 0.1) is 0 Å².